The summed E-state index contributed by atoms with van der Waals surface area (Å²) in [6.45, 7) is 0. The summed E-state index contributed by atoms with van der Waals surface area (Å²) in [4.78, 5) is 33.6. The van der Waals surface area contributed by atoms with Crippen molar-refractivity contribution in [3.05, 3.63) is 24.1 Å². The fourth-order valence-electron chi connectivity index (χ4n) is 1.21. The largest absolute Gasteiger partial charge is 0.368 e. The highest BCUT2D eigenvalue weighted by Gasteiger charge is 2.18. The fourth-order valence-corrected chi connectivity index (χ4v) is 1.21. The highest BCUT2D eigenvalue weighted by atomic mass is 16.1. The van der Waals surface area contributed by atoms with E-state index in [-0.39, 0.29) is 34.9 Å². The van der Waals surface area contributed by atoms with Crippen molar-refractivity contribution in [3.63, 3.8) is 0 Å². The van der Waals surface area contributed by atoms with Crippen molar-refractivity contribution in [3.8, 4) is 0 Å². The quantitative estimate of drug-likeness (QED) is 0.585. The SMILES string of the molecule is Nc1nc(N)nc(C2=CC(=O)C=CC2=O)n1. The first kappa shape index (κ1) is 9.97. The van der Waals surface area contributed by atoms with E-state index in [1.165, 1.54) is 6.08 Å². The molecular weight excluding hydrogens is 210 g/mol. The molecule has 1 aromatic heterocycles. The summed E-state index contributed by atoms with van der Waals surface area (Å²) in [5.74, 6) is -0.874. The van der Waals surface area contributed by atoms with E-state index in [1.807, 2.05) is 0 Å². The van der Waals surface area contributed by atoms with Gasteiger partial charge in [-0.05, 0) is 12.2 Å². The van der Waals surface area contributed by atoms with Crippen LogP contribution in [0, 0.1) is 0 Å². The molecular formula is C9H7N5O2. The average molecular weight is 217 g/mol. The van der Waals surface area contributed by atoms with E-state index >= 15 is 0 Å². The van der Waals surface area contributed by atoms with Gasteiger partial charge in [0.25, 0.3) is 0 Å². The number of rotatable bonds is 1. The number of ketones is 2. The molecule has 7 heteroatoms. The summed E-state index contributed by atoms with van der Waals surface area (Å²) in [6.07, 6.45) is 3.45. The van der Waals surface area contributed by atoms with E-state index in [9.17, 15) is 9.59 Å². The van der Waals surface area contributed by atoms with Gasteiger partial charge in [0.1, 0.15) is 0 Å². The van der Waals surface area contributed by atoms with Crippen LogP contribution in [0.4, 0.5) is 11.9 Å². The van der Waals surface area contributed by atoms with Crippen LogP contribution >= 0.6 is 0 Å². The minimum Gasteiger partial charge on any atom is -0.368 e. The lowest BCUT2D eigenvalue weighted by molar-refractivity contribution is -0.113. The van der Waals surface area contributed by atoms with Gasteiger partial charge >= 0.3 is 0 Å². The maximum absolute atomic E-state index is 11.5. The second-order valence-electron chi connectivity index (χ2n) is 3.03. The monoisotopic (exact) mass is 217 g/mol. The van der Waals surface area contributed by atoms with Gasteiger partial charge in [-0.3, -0.25) is 9.59 Å². The molecule has 80 valence electrons. The first-order valence-electron chi connectivity index (χ1n) is 4.32. The van der Waals surface area contributed by atoms with Gasteiger partial charge < -0.3 is 11.5 Å². The molecule has 7 nitrogen and oxygen atoms in total. The molecule has 0 aliphatic heterocycles. The van der Waals surface area contributed by atoms with Crippen LogP contribution in [0.25, 0.3) is 5.57 Å². The minimum absolute atomic E-state index is 0.00713. The Morgan fingerprint density at radius 1 is 0.938 bits per heavy atom. The average Bonchev–Trinajstić information content (AvgIpc) is 2.20. The third kappa shape index (κ3) is 1.78. The number of anilines is 2. The second-order valence-corrected chi connectivity index (χ2v) is 3.03. The third-order valence-corrected chi connectivity index (χ3v) is 1.86. The van der Waals surface area contributed by atoms with E-state index in [4.69, 9.17) is 11.5 Å². The first-order valence-corrected chi connectivity index (χ1v) is 4.32. The van der Waals surface area contributed by atoms with E-state index in [2.05, 4.69) is 15.0 Å². The second kappa shape index (κ2) is 3.54. The van der Waals surface area contributed by atoms with Gasteiger partial charge in [0.15, 0.2) is 17.4 Å². The molecule has 1 aromatic rings. The highest BCUT2D eigenvalue weighted by molar-refractivity contribution is 6.33. The number of carbonyl (C=O) groups is 2. The zero-order valence-electron chi connectivity index (χ0n) is 8.04. The van der Waals surface area contributed by atoms with Crippen molar-refractivity contribution in [1.29, 1.82) is 0 Å². The zero-order valence-corrected chi connectivity index (χ0v) is 8.04. The molecule has 0 radical (unpaired) electrons. The fraction of sp³-hybridized carbons (Fsp3) is 0. The lowest BCUT2D eigenvalue weighted by Crippen LogP contribution is -2.12. The van der Waals surface area contributed by atoms with Crippen LogP contribution in [0.15, 0.2) is 18.2 Å². The number of nitrogens with zero attached hydrogens (tertiary/aromatic N) is 3. The van der Waals surface area contributed by atoms with Crippen molar-refractivity contribution < 1.29 is 9.59 Å². The molecule has 0 saturated heterocycles. The number of carbonyl (C=O) groups excluding carboxylic acids is 2. The first-order chi connectivity index (χ1) is 7.56. The minimum atomic E-state index is -0.371. The van der Waals surface area contributed by atoms with Crippen molar-refractivity contribution in [1.82, 2.24) is 15.0 Å². The van der Waals surface area contributed by atoms with E-state index in [1.54, 1.807) is 0 Å². The maximum atomic E-state index is 11.5. The molecule has 0 aromatic carbocycles. The molecule has 16 heavy (non-hydrogen) atoms. The third-order valence-electron chi connectivity index (χ3n) is 1.86. The smallest absolute Gasteiger partial charge is 0.225 e. The van der Waals surface area contributed by atoms with Gasteiger partial charge in [0.2, 0.25) is 11.9 Å². The van der Waals surface area contributed by atoms with Crippen LogP contribution in [0.5, 0.6) is 0 Å². The molecule has 1 aliphatic carbocycles. The number of nitrogens with two attached hydrogens (primary N) is 2. The van der Waals surface area contributed by atoms with Crippen LogP contribution in [0.1, 0.15) is 5.82 Å². The molecule has 0 unspecified atom stereocenters. The standard InChI is InChI=1S/C9H7N5O2/c10-8-12-7(13-9(11)14-8)5-3-4(15)1-2-6(5)16/h1-3H,(H4,10,11,12,13,14). The Morgan fingerprint density at radius 3 is 2.19 bits per heavy atom. The summed E-state index contributed by atoms with van der Waals surface area (Å²) in [5.41, 5.74) is 10.8. The molecule has 4 N–H and O–H groups in total. The van der Waals surface area contributed by atoms with Crippen molar-refractivity contribution in [2.45, 2.75) is 0 Å². The molecule has 1 aliphatic rings. The summed E-state index contributed by atoms with van der Waals surface area (Å²) >= 11 is 0. The maximum Gasteiger partial charge on any atom is 0.225 e. The molecule has 0 atom stereocenters. The zero-order chi connectivity index (χ0) is 11.7. The van der Waals surface area contributed by atoms with Crippen molar-refractivity contribution in [2.75, 3.05) is 11.5 Å². The Morgan fingerprint density at radius 2 is 1.56 bits per heavy atom. The Kier molecular flexibility index (Phi) is 2.20. The number of hydrogen-bond donors (Lipinski definition) is 2. The van der Waals surface area contributed by atoms with E-state index in [0.717, 1.165) is 12.2 Å². The van der Waals surface area contributed by atoms with Gasteiger partial charge in [-0.2, -0.15) is 15.0 Å². The Labute approximate surface area is 89.9 Å². The lowest BCUT2D eigenvalue weighted by atomic mass is 10.0. The summed E-state index contributed by atoms with van der Waals surface area (Å²) in [6, 6.07) is 0. The number of allylic oxidation sites excluding steroid dienone is 4. The lowest BCUT2D eigenvalue weighted by Gasteiger charge is -2.05. The normalized spacial score (nSPS) is 15.1. The number of hydrogen-bond acceptors (Lipinski definition) is 7. The number of nitrogen functional groups attached to an aromatic ring is 2. The van der Waals surface area contributed by atoms with Crippen LogP contribution < -0.4 is 11.5 Å². The van der Waals surface area contributed by atoms with E-state index < -0.39 is 0 Å². The molecule has 0 spiro atoms. The van der Waals surface area contributed by atoms with Gasteiger partial charge in [-0.1, -0.05) is 0 Å². The molecule has 1 heterocycles. The van der Waals surface area contributed by atoms with Gasteiger partial charge in [0, 0.05) is 6.08 Å². The summed E-state index contributed by atoms with van der Waals surface area (Å²) in [7, 11) is 0. The molecule has 0 saturated carbocycles. The Bertz CT molecular complexity index is 527. The van der Waals surface area contributed by atoms with Crippen LogP contribution in [-0.2, 0) is 9.59 Å². The highest BCUT2D eigenvalue weighted by Crippen LogP contribution is 2.16. The predicted octanol–water partition coefficient (Wildman–Crippen LogP) is -0.873. The number of aromatic nitrogens is 3. The van der Waals surface area contributed by atoms with Gasteiger partial charge in [0.05, 0.1) is 5.57 Å². The predicted molar refractivity (Wildman–Crippen MR) is 55.8 cm³/mol. The Balaban J connectivity index is 2.52. The molecule has 2 rings (SSSR count). The van der Waals surface area contributed by atoms with Crippen LogP contribution in [0.2, 0.25) is 0 Å². The molecule has 0 amide bonds. The van der Waals surface area contributed by atoms with Crippen molar-refractivity contribution >= 4 is 29.0 Å². The molecule has 0 fully saturated rings. The topological polar surface area (TPSA) is 125 Å². The van der Waals surface area contributed by atoms with E-state index in [0.29, 0.717) is 0 Å². The Hall–Kier alpha value is -2.57. The summed E-state index contributed by atoms with van der Waals surface area (Å²) < 4.78 is 0. The van der Waals surface area contributed by atoms with Crippen LogP contribution in [0.3, 0.4) is 0 Å². The van der Waals surface area contributed by atoms with Crippen molar-refractivity contribution in [2.24, 2.45) is 0 Å². The van der Waals surface area contributed by atoms with Gasteiger partial charge in [-0.25, -0.2) is 0 Å². The van der Waals surface area contributed by atoms with Crippen LogP contribution in [-0.4, -0.2) is 26.5 Å². The van der Waals surface area contributed by atoms with Gasteiger partial charge in [-0.15, -0.1) is 0 Å². The summed E-state index contributed by atoms with van der Waals surface area (Å²) in [5, 5.41) is 0. The molecule has 0 bridgehead atoms.